The van der Waals surface area contributed by atoms with Crippen LogP contribution < -0.4 is 16.0 Å². The smallest absolute Gasteiger partial charge is 0.303 e. The molecule has 2 saturated heterocycles. The molecule has 4 atom stereocenters. The van der Waals surface area contributed by atoms with Gasteiger partial charge in [-0.1, -0.05) is 25.1 Å². The molecule has 0 aliphatic carbocycles. The van der Waals surface area contributed by atoms with Gasteiger partial charge in [-0.15, -0.1) is 0 Å². The zero-order valence-corrected chi connectivity index (χ0v) is 19.2. The van der Waals surface area contributed by atoms with Crippen LogP contribution in [0.15, 0.2) is 36.4 Å². The molecule has 2 bridgehead atoms. The average molecular weight is 458 g/mol. The molecule has 33 heavy (non-hydrogen) atoms. The molecule has 180 valence electrons. The first-order valence-electron chi connectivity index (χ1n) is 11.9. The summed E-state index contributed by atoms with van der Waals surface area (Å²) in [5.74, 6) is -0.163. The van der Waals surface area contributed by atoms with Crippen molar-refractivity contribution in [1.82, 2.24) is 5.32 Å². The summed E-state index contributed by atoms with van der Waals surface area (Å²) in [5.41, 5.74) is 1.30. The topological polar surface area (TPSA) is 117 Å². The van der Waals surface area contributed by atoms with Gasteiger partial charge in [0, 0.05) is 36.7 Å². The van der Waals surface area contributed by atoms with Gasteiger partial charge in [0.15, 0.2) is 0 Å². The Bertz CT molecular complexity index is 856. The maximum absolute atomic E-state index is 12.4. The van der Waals surface area contributed by atoms with Gasteiger partial charge in [-0.25, -0.2) is 0 Å². The predicted molar refractivity (Wildman–Crippen MR) is 127 cm³/mol. The lowest BCUT2D eigenvalue weighted by molar-refractivity contribution is -0.137. The molecule has 0 aromatic heterocycles. The Morgan fingerprint density at radius 3 is 2.45 bits per heavy atom. The lowest BCUT2D eigenvalue weighted by Crippen LogP contribution is -2.38. The molecule has 0 spiro atoms. The summed E-state index contributed by atoms with van der Waals surface area (Å²) in [6, 6.07) is 7.12. The van der Waals surface area contributed by atoms with E-state index in [0.29, 0.717) is 36.1 Å². The van der Waals surface area contributed by atoms with E-state index >= 15 is 0 Å². The van der Waals surface area contributed by atoms with Crippen LogP contribution in [0.1, 0.15) is 51.9 Å². The van der Waals surface area contributed by atoms with Crippen molar-refractivity contribution >= 4 is 29.2 Å². The molecule has 0 saturated carbocycles. The summed E-state index contributed by atoms with van der Waals surface area (Å²) in [7, 11) is 0. The first-order chi connectivity index (χ1) is 16.0. The normalized spacial score (nSPS) is 23.7. The van der Waals surface area contributed by atoms with Crippen LogP contribution in [-0.2, 0) is 19.1 Å². The van der Waals surface area contributed by atoms with E-state index in [1.807, 2.05) is 0 Å². The van der Waals surface area contributed by atoms with Crippen LogP contribution in [0.25, 0.3) is 0 Å². The number of nitrogens with one attached hydrogen (secondary N) is 3. The Morgan fingerprint density at radius 2 is 1.76 bits per heavy atom. The number of rotatable bonds is 13. The average Bonchev–Trinajstić information content (AvgIpc) is 3.38. The van der Waals surface area contributed by atoms with Crippen molar-refractivity contribution in [2.45, 2.75) is 64.1 Å². The number of unbranched alkanes of at least 4 members (excludes halogenated alkanes) is 1. The van der Waals surface area contributed by atoms with Gasteiger partial charge in [0.1, 0.15) is 0 Å². The maximum Gasteiger partial charge on any atom is 0.303 e. The first-order valence-corrected chi connectivity index (χ1v) is 11.9. The van der Waals surface area contributed by atoms with Gasteiger partial charge in [0.25, 0.3) is 0 Å². The van der Waals surface area contributed by atoms with Crippen molar-refractivity contribution in [3.63, 3.8) is 0 Å². The number of hydrogen-bond acceptors (Lipinski definition) is 5. The highest BCUT2D eigenvalue weighted by Crippen LogP contribution is 2.44. The zero-order valence-electron chi connectivity index (χ0n) is 19.2. The minimum absolute atomic E-state index is 0.0714. The van der Waals surface area contributed by atoms with Gasteiger partial charge < -0.3 is 25.8 Å². The van der Waals surface area contributed by atoms with E-state index in [9.17, 15) is 14.4 Å². The highest BCUT2D eigenvalue weighted by atomic mass is 16.5. The molecule has 1 aromatic rings. The molecule has 2 aliphatic heterocycles. The van der Waals surface area contributed by atoms with Gasteiger partial charge in [0.05, 0.1) is 18.8 Å². The molecule has 3 rings (SSSR count). The van der Waals surface area contributed by atoms with Crippen LogP contribution in [-0.4, -0.2) is 48.2 Å². The number of hydrogen-bond donors (Lipinski definition) is 4. The summed E-state index contributed by atoms with van der Waals surface area (Å²) in [5, 5.41) is 17.7. The van der Waals surface area contributed by atoms with Crippen molar-refractivity contribution in [2.24, 2.45) is 11.8 Å². The number of carboxylic acids is 1. The third-order valence-electron chi connectivity index (χ3n) is 6.34. The molecule has 8 heteroatoms. The summed E-state index contributed by atoms with van der Waals surface area (Å²) in [4.78, 5) is 34.5. The minimum atomic E-state index is -0.754. The Balaban J connectivity index is 1.41. The second-order valence-electron chi connectivity index (χ2n) is 8.77. The lowest BCUT2D eigenvalue weighted by Gasteiger charge is -2.27. The summed E-state index contributed by atoms with van der Waals surface area (Å²) in [6.45, 7) is 2.72. The third kappa shape index (κ3) is 7.68. The molecule has 2 heterocycles. The van der Waals surface area contributed by atoms with E-state index in [1.165, 1.54) is 0 Å². The number of allylic oxidation sites excluding steroid dienone is 2. The predicted octanol–water partition coefficient (Wildman–Crippen LogP) is 3.56. The van der Waals surface area contributed by atoms with Crippen LogP contribution in [0.4, 0.5) is 11.4 Å². The van der Waals surface area contributed by atoms with Crippen molar-refractivity contribution in [3.05, 3.63) is 36.4 Å². The standard InChI is InChI=1S/C25H35N3O5/c1-2-23(29)27-17-8-7-9-18(14-17)28-24(30)16-26-15-20-19(21-12-13-22(20)33-21)10-5-3-4-6-11-25(31)32/h3,5,7-9,14,19-22,26H,2,4,6,10-13,15-16H2,1H3,(H,27,29)(H,28,30)(H,31,32)/b5-3-/t19-,20+,21-,22+/m1/s1. The van der Waals surface area contributed by atoms with Crippen molar-refractivity contribution in [1.29, 1.82) is 0 Å². The van der Waals surface area contributed by atoms with Gasteiger partial charge in [0.2, 0.25) is 11.8 Å². The Hall–Kier alpha value is -2.71. The fourth-order valence-corrected chi connectivity index (χ4v) is 4.70. The monoisotopic (exact) mass is 457 g/mol. The fourth-order valence-electron chi connectivity index (χ4n) is 4.70. The minimum Gasteiger partial charge on any atom is -0.481 e. The molecule has 1 aromatic carbocycles. The largest absolute Gasteiger partial charge is 0.481 e. The van der Waals surface area contributed by atoms with Gasteiger partial charge in [-0.05, 0) is 56.2 Å². The van der Waals surface area contributed by atoms with E-state index in [4.69, 9.17) is 9.84 Å². The third-order valence-corrected chi connectivity index (χ3v) is 6.34. The van der Waals surface area contributed by atoms with E-state index < -0.39 is 5.97 Å². The second kappa shape index (κ2) is 12.5. The number of carbonyl (C=O) groups excluding carboxylic acids is 2. The summed E-state index contributed by atoms with van der Waals surface area (Å²) < 4.78 is 6.13. The number of amides is 2. The number of ether oxygens (including phenoxy) is 1. The highest BCUT2D eigenvalue weighted by Gasteiger charge is 2.47. The lowest BCUT2D eigenvalue weighted by atomic mass is 9.77. The number of benzene rings is 1. The zero-order chi connectivity index (χ0) is 23.6. The van der Waals surface area contributed by atoms with E-state index in [2.05, 4.69) is 28.1 Å². The molecule has 2 fully saturated rings. The highest BCUT2D eigenvalue weighted by molar-refractivity contribution is 5.94. The first kappa shape index (κ1) is 24.9. The number of carboxylic acid groups (broad SMARTS) is 1. The Labute approximate surface area is 195 Å². The van der Waals surface area contributed by atoms with E-state index in [0.717, 1.165) is 32.2 Å². The van der Waals surface area contributed by atoms with Crippen LogP contribution >= 0.6 is 0 Å². The number of aliphatic carboxylic acids is 1. The van der Waals surface area contributed by atoms with Crippen molar-refractivity contribution < 1.29 is 24.2 Å². The SMILES string of the molecule is CCC(=O)Nc1cccc(NC(=O)CNC[C@H]2[C@@H](C/C=C\CCCC(=O)O)[C@H]3CC[C@@H]2O3)c1. The summed E-state index contributed by atoms with van der Waals surface area (Å²) >= 11 is 0. The van der Waals surface area contributed by atoms with Crippen molar-refractivity contribution in [2.75, 3.05) is 23.7 Å². The van der Waals surface area contributed by atoms with Crippen LogP contribution in [0.3, 0.4) is 0 Å². The molecular weight excluding hydrogens is 422 g/mol. The molecular formula is C25H35N3O5. The number of anilines is 2. The molecule has 4 N–H and O–H groups in total. The molecule has 8 nitrogen and oxygen atoms in total. The molecule has 0 unspecified atom stereocenters. The van der Waals surface area contributed by atoms with Gasteiger partial charge in [-0.3, -0.25) is 14.4 Å². The number of fused-ring (bicyclic) bond motifs is 2. The molecule has 2 amide bonds. The van der Waals surface area contributed by atoms with E-state index in [1.54, 1.807) is 31.2 Å². The second-order valence-corrected chi connectivity index (χ2v) is 8.77. The van der Waals surface area contributed by atoms with Crippen LogP contribution in [0, 0.1) is 11.8 Å². The fraction of sp³-hybridized carbons (Fsp3) is 0.560. The number of carbonyl (C=O) groups is 3. The van der Waals surface area contributed by atoms with Gasteiger partial charge >= 0.3 is 5.97 Å². The molecule has 2 aliphatic rings. The molecule has 0 radical (unpaired) electrons. The van der Waals surface area contributed by atoms with Crippen LogP contribution in [0.2, 0.25) is 0 Å². The summed E-state index contributed by atoms with van der Waals surface area (Å²) in [6.07, 6.45) is 9.86. The Morgan fingerprint density at radius 1 is 1.06 bits per heavy atom. The van der Waals surface area contributed by atoms with Crippen molar-refractivity contribution in [3.8, 4) is 0 Å². The maximum atomic E-state index is 12.4. The van der Waals surface area contributed by atoms with E-state index in [-0.39, 0.29) is 37.0 Å². The quantitative estimate of drug-likeness (QED) is 0.266. The Kier molecular flexibility index (Phi) is 9.45. The van der Waals surface area contributed by atoms with Crippen LogP contribution in [0.5, 0.6) is 0 Å². The van der Waals surface area contributed by atoms with Gasteiger partial charge in [-0.2, -0.15) is 0 Å².